The molecule has 0 aromatic heterocycles. The second-order valence-electron chi connectivity index (χ2n) is 6.59. The molecular formula is C16H21N3O3S. The summed E-state index contributed by atoms with van der Waals surface area (Å²) in [6.45, 7) is 6.25. The molecule has 2 saturated heterocycles. The maximum Gasteiger partial charge on any atom is 0.249 e. The zero-order valence-corrected chi connectivity index (χ0v) is 14.1. The molecule has 2 aliphatic rings. The number of benzene rings is 1. The Kier molecular flexibility index (Phi) is 3.80. The number of nitrogens with one attached hydrogen (secondary N) is 1. The molecule has 2 aliphatic heterocycles. The Morgan fingerprint density at radius 2 is 2.00 bits per heavy atom. The Morgan fingerprint density at radius 3 is 2.61 bits per heavy atom. The number of phenols is 1. The first-order valence-electron chi connectivity index (χ1n) is 7.57. The van der Waals surface area contributed by atoms with E-state index < -0.39 is 12.1 Å². The van der Waals surface area contributed by atoms with Gasteiger partial charge in [-0.1, -0.05) is 12.1 Å². The molecule has 124 valence electrons. The lowest BCUT2D eigenvalue weighted by Crippen LogP contribution is -2.69. The van der Waals surface area contributed by atoms with Crippen LogP contribution in [-0.4, -0.2) is 44.0 Å². The van der Waals surface area contributed by atoms with Gasteiger partial charge >= 0.3 is 0 Å². The van der Waals surface area contributed by atoms with Crippen molar-refractivity contribution in [2.24, 2.45) is 5.73 Å². The number of fused-ring (bicyclic) bond motifs is 1. The van der Waals surface area contributed by atoms with Crippen molar-refractivity contribution >= 4 is 23.6 Å². The highest BCUT2D eigenvalue weighted by Gasteiger charge is 2.60. The van der Waals surface area contributed by atoms with Crippen LogP contribution in [0.15, 0.2) is 24.3 Å². The predicted molar refractivity (Wildman–Crippen MR) is 88.7 cm³/mol. The number of aromatic hydroxyl groups is 1. The van der Waals surface area contributed by atoms with Crippen molar-refractivity contribution in [1.82, 2.24) is 10.2 Å². The lowest BCUT2D eigenvalue weighted by Gasteiger charge is -2.44. The third-order valence-electron chi connectivity index (χ3n) is 4.76. The number of nitrogens with two attached hydrogens (primary N) is 1. The first-order valence-corrected chi connectivity index (χ1v) is 8.45. The van der Waals surface area contributed by atoms with E-state index in [4.69, 9.17) is 5.73 Å². The molecule has 2 fully saturated rings. The van der Waals surface area contributed by atoms with Gasteiger partial charge in [-0.15, -0.1) is 11.8 Å². The first kappa shape index (κ1) is 16.1. The van der Waals surface area contributed by atoms with Crippen molar-refractivity contribution in [2.75, 3.05) is 0 Å². The van der Waals surface area contributed by atoms with Crippen LogP contribution in [0, 0.1) is 0 Å². The molecule has 4 N–H and O–H groups in total. The lowest BCUT2D eigenvalue weighted by atomic mass is 9.97. The van der Waals surface area contributed by atoms with Crippen LogP contribution in [0.4, 0.5) is 0 Å². The summed E-state index contributed by atoms with van der Waals surface area (Å²) in [7, 11) is 0. The van der Waals surface area contributed by atoms with Crippen LogP contribution in [0.25, 0.3) is 0 Å². The minimum atomic E-state index is -0.866. The van der Waals surface area contributed by atoms with Crippen molar-refractivity contribution in [2.45, 2.75) is 49.0 Å². The Balaban J connectivity index is 1.67. The van der Waals surface area contributed by atoms with Gasteiger partial charge in [0, 0.05) is 10.8 Å². The molecule has 2 heterocycles. The predicted octanol–water partition coefficient (Wildman–Crippen LogP) is 0.959. The number of amides is 2. The Morgan fingerprint density at radius 1 is 1.39 bits per heavy atom. The summed E-state index contributed by atoms with van der Waals surface area (Å²) >= 11 is 1.71. The van der Waals surface area contributed by atoms with Crippen molar-refractivity contribution in [3.05, 3.63) is 29.8 Å². The van der Waals surface area contributed by atoms with E-state index in [0.717, 1.165) is 0 Å². The molecular weight excluding hydrogens is 314 g/mol. The van der Waals surface area contributed by atoms with Crippen LogP contribution in [0.5, 0.6) is 5.75 Å². The van der Waals surface area contributed by atoms with Crippen molar-refractivity contribution in [1.29, 1.82) is 0 Å². The number of nitrogens with zero attached hydrogens (tertiary/aromatic N) is 1. The van der Waals surface area contributed by atoms with Crippen LogP contribution in [0.2, 0.25) is 0 Å². The molecule has 0 saturated carbocycles. The number of hydrogen-bond acceptors (Lipinski definition) is 5. The maximum atomic E-state index is 12.3. The molecule has 4 unspecified atom stereocenters. The number of thioether (sulfide) groups is 1. The third kappa shape index (κ3) is 2.57. The maximum absolute atomic E-state index is 12.3. The molecule has 4 atom stereocenters. The largest absolute Gasteiger partial charge is 0.508 e. The quantitative estimate of drug-likeness (QED) is 0.715. The molecule has 6 nitrogen and oxygen atoms in total. The molecule has 7 heteroatoms. The van der Waals surface area contributed by atoms with Gasteiger partial charge in [0.15, 0.2) is 0 Å². The topological polar surface area (TPSA) is 95.7 Å². The fraction of sp³-hybridized carbons (Fsp3) is 0.500. The highest BCUT2D eigenvalue weighted by atomic mass is 32.2. The molecule has 1 aromatic rings. The molecule has 0 spiro atoms. The van der Waals surface area contributed by atoms with Crippen molar-refractivity contribution < 1.29 is 14.7 Å². The smallest absolute Gasteiger partial charge is 0.249 e. The van der Waals surface area contributed by atoms with E-state index in [1.807, 2.05) is 11.8 Å². The van der Waals surface area contributed by atoms with Crippen LogP contribution in [0.1, 0.15) is 32.4 Å². The zero-order chi connectivity index (χ0) is 16.9. The Hall–Kier alpha value is -1.73. The van der Waals surface area contributed by atoms with Crippen LogP contribution >= 0.6 is 11.8 Å². The fourth-order valence-corrected chi connectivity index (χ4v) is 4.63. The zero-order valence-electron chi connectivity index (χ0n) is 13.3. The summed E-state index contributed by atoms with van der Waals surface area (Å²) in [5, 5.41) is 12.0. The van der Waals surface area contributed by atoms with E-state index in [9.17, 15) is 14.7 Å². The van der Waals surface area contributed by atoms with E-state index in [-0.39, 0.29) is 33.7 Å². The minimum absolute atomic E-state index is 0.0246. The van der Waals surface area contributed by atoms with E-state index in [1.165, 1.54) is 12.1 Å². The number of phenolic OH excluding ortho intramolecular Hbond substituents is 1. The number of carbonyl (C=O) groups excluding carboxylic acids is 2. The number of carbonyl (C=O) groups is 2. The van der Waals surface area contributed by atoms with E-state index >= 15 is 0 Å². The van der Waals surface area contributed by atoms with Gasteiger partial charge in [-0.25, -0.2) is 0 Å². The Labute approximate surface area is 139 Å². The van der Waals surface area contributed by atoms with Crippen LogP contribution in [-0.2, 0) is 9.59 Å². The lowest BCUT2D eigenvalue weighted by molar-refractivity contribution is -0.150. The van der Waals surface area contributed by atoms with Gasteiger partial charge in [0.1, 0.15) is 23.2 Å². The van der Waals surface area contributed by atoms with Crippen molar-refractivity contribution in [3.8, 4) is 5.75 Å². The Bertz CT molecular complexity index is 646. The summed E-state index contributed by atoms with van der Waals surface area (Å²) < 4.78 is -0.0289. The summed E-state index contributed by atoms with van der Waals surface area (Å²) in [5.41, 5.74) is 6.55. The summed E-state index contributed by atoms with van der Waals surface area (Å²) in [5.74, 6) is -0.316. The first-order chi connectivity index (χ1) is 10.7. The fourth-order valence-electron chi connectivity index (χ4n) is 2.98. The second kappa shape index (κ2) is 5.42. The summed E-state index contributed by atoms with van der Waals surface area (Å²) in [6, 6.07) is 4.93. The number of β-lactam (4-membered cyclic amide) rings is 1. The minimum Gasteiger partial charge on any atom is -0.508 e. The van der Waals surface area contributed by atoms with Gasteiger partial charge in [0.05, 0.1) is 0 Å². The van der Waals surface area contributed by atoms with Gasteiger partial charge in [0.2, 0.25) is 11.8 Å². The van der Waals surface area contributed by atoms with E-state index in [1.54, 1.807) is 23.9 Å². The molecule has 23 heavy (non-hydrogen) atoms. The molecule has 0 aliphatic carbocycles. The number of hydrogen-bond donors (Lipinski definition) is 3. The summed E-state index contributed by atoms with van der Waals surface area (Å²) in [4.78, 5) is 26.5. The molecule has 2 amide bonds. The second-order valence-corrected chi connectivity index (χ2v) is 8.36. The number of rotatable bonds is 3. The molecule has 3 rings (SSSR count). The molecule has 0 radical (unpaired) electrons. The van der Waals surface area contributed by atoms with Crippen LogP contribution < -0.4 is 11.1 Å². The monoisotopic (exact) mass is 335 g/mol. The van der Waals surface area contributed by atoms with E-state index in [0.29, 0.717) is 5.56 Å². The normalized spacial score (nSPS) is 29.7. The van der Waals surface area contributed by atoms with Gasteiger partial charge in [-0.3, -0.25) is 9.59 Å². The van der Waals surface area contributed by atoms with Gasteiger partial charge in [-0.05, 0) is 38.5 Å². The van der Waals surface area contributed by atoms with Gasteiger partial charge in [-0.2, -0.15) is 0 Å². The molecule has 1 aromatic carbocycles. The van der Waals surface area contributed by atoms with Gasteiger partial charge < -0.3 is 21.1 Å². The van der Waals surface area contributed by atoms with Crippen molar-refractivity contribution in [3.63, 3.8) is 0 Å². The third-order valence-corrected chi connectivity index (χ3v) is 6.45. The van der Waals surface area contributed by atoms with E-state index in [2.05, 4.69) is 19.2 Å². The highest BCUT2D eigenvalue weighted by Crippen LogP contribution is 2.50. The standard InChI is InChI=1S/C16H21N3O3S/c1-8-16(2,3)23-15-12(14(22)19(8)15)18-13(21)11(17)9-4-6-10(20)7-5-9/h4-8,11-12,15,20H,17H2,1-3H3,(H,18,21). The van der Waals surface area contributed by atoms with Crippen LogP contribution in [0.3, 0.4) is 0 Å². The summed E-state index contributed by atoms with van der Waals surface area (Å²) in [6.07, 6.45) is 0. The van der Waals surface area contributed by atoms with Gasteiger partial charge in [0.25, 0.3) is 0 Å². The highest BCUT2D eigenvalue weighted by molar-refractivity contribution is 8.01. The average Bonchev–Trinajstić information content (AvgIpc) is 2.72. The molecule has 0 bridgehead atoms. The average molecular weight is 335 g/mol. The SMILES string of the molecule is CC1N2C(=O)C(NC(=O)C(N)c3ccc(O)cc3)C2SC1(C)C.